The maximum absolute atomic E-state index is 5.12. The van der Waals surface area contributed by atoms with Gasteiger partial charge in [-0.3, -0.25) is 4.84 Å². The molecule has 0 unspecified atom stereocenters. The van der Waals surface area contributed by atoms with Gasteiger partial charge in [-0.25, -0.2) is 5.48 Å². The molecule has 0 fully saturated rings. The van der Waals surface area contributed by atoms with Crippen LogP contribution in [0, 0.1) is 0 Å². The molecule has 0 aromatic heterocycles. The predicted octanol–water partition coefficient (Wildman–Crippen LogP) is 1.40. The molecule has 14 heavy (non-hydrogen) atoms. The Balaban J connectivity index is 1.99. The van der Waals surface area contributed by atoms with Crippen LogP contribution in [0.15, 0.2) is 30.3 Å². The van der Waals surface area contributed by atoms with Crippen LogP contribution < -0.4 is 5.48 Å². The van der Waals surface area contributed by atoms with Gasteiger partial charge in [-0.2, -0.15) is 0 Å². The van der Waals surface area contributed by atoms with Crippen LogP contribution in [0.1, 0.15) is 5.56 Å². The van der Waals surface area contributed by atoms with Gasteiger partial charge in [0.15, 0.2) is 0 Å². The van der Waals surface area contributed by atoms with E-state index in [2.05, 4.69) is 17.6 Å². The molecule has 3 heteroatoms. The van der Waals surface area contributed by atoms with Crippen LogP contribution in [0.2, 0.25) is 0 Å². The molecule has 0 heterocycles. The van der Waals surface area contributed by atoms with Crippen LogP contribution in [-0.4, -0.2) is 26.9 Å². The Morgan fingerprint density at radius 2 is 1.93 bits per heavy atom. The topological polar surface area (TPSA) is 30.5 Å². The van der Waals surface area contributed by atoms with Crippen molar-refractivity contribution in [2.24, 2.45) is 0 Å². The van der Waals surface area contributed by atoms with E-state index < -0.39 is 0 Å². The van der Waals surface area contributed by atoms with Gasteiger partial charge in [-0.1, -0.05) is 30.3 Å². The van der Waals surface area contributed by atoms with E-state index >= 15 is 0 Å². The lowest BCUT2D eigenvalue weighted by Crippen LogP contribution is -2.20. The zero-order valence-electron chi connectivity index (χ0n) is 8.53. The number of hydrogen-bond donors (Lipinski definition) is 1. The molecule has 0 saturated heterocycles. The van der Waals surface area contributed by atoms with E-state index in [4.69, 9.17) is 9.57 Å². The highest BCUT2D eigenvalue weighted by molar-refractivity contribution is 5.14. The molecule has 0 aliphatic rings. The molecule has 1 aromatic rings. The second kappa shape index (κ2) is 7.50. The van der Waals surface area contributed by atoms with Gasteiger partial charge in [0.1, 0.15) is 0 Å². The van der Waals surface area contributed by atoms with Gasteiger partial charge in [-0.15, -0.1) is 0 Å². The molecular weight excluding hydrogens is 178 g/mol. The molecule has 0 amide bonds. The van der Waals surface area contributed by atoms with Crippen molar-refractivity contribution in [3.05, 3.63) is 35.9 Å². The van der Waals surface area contributed by atoms with E-state index in [1.54, 1.807) is 7.11 Å². The molecule has 1 N–H and O–H groups in total. The zero-order valence-corrected chi connectivity index (χ0v) is 8.53. The first kappa shape index (κ1) is 11.2. The van der Waals surface area contributed by atoms with Gasteiger partial charge in [0.25, 0.3) is 0 Å². The summed E-state index contributed by atoms with van der Waals surface area (Å²) in [5.74, 6) is 0. The van der Waals surface area contributed by atoms with E-state index in [0.29, 0.717) is 13.2 Å². The fourth-order valence-corrected chi connectivity index (χ4v) is 1.11. The third kappa shape index (κ3) is 4.97. The van der Waals surface area contributed by atoms with Crippen molar-refractivity contribution in [3.8, 4) is 0 Å². The lowest BCUT2D eigenvalue weighted by Gasteiger charge is -2.04. The smallest absolute Gasteiger partial charge is 0.0915 e. The van der Waals surface area contributed by atoms with Gasteiger partial charge < -0.3 is 4.74 Å². The first-order valence-corrected chi connectivity index (χ1v) is 4.81. The Morgan fingerprint density at radius 1 is 1.14 bits per heavy atom. The van der Waals surface area contributed by atoms with Gasteiger partial charge in [0.05, 0.1) is 13.2 Å². The summed E-state index contributed by atoms with van der Waals surface area (Å²) in [6.45, 7) is 2.04. The third-order valence-electron chi connectivity index (χ3n) is 1.85. The molecule has 78 valence electrons. The second-order valence-electron chi connectivity index (χ2n) is 2.97. The summed E-state index contributed by atoms with van der Waals surface area (Å²) in [5, 5.41) is 0. The van der Waals surface area contributed by atoms with E-state index in [9.17, 15) is 0 Å². The minimum atomic E-state index is 0.589. The van der Waals surface area contributed by atoms with Gasteiger partial charge in [-0.05, 0) is 12.0 Å². The fraction of sp³-hybridized carbons (Fsp3) is 0.455. The zero-order chi connectivity index (χ0) is 10.1. The first-order valence-electron chi connectivity index (χ1n) is 4.81. The number of rotatable bonds is 7. The molecule has 1 aromatic carbocycles. The number of hydrogen-bond acceptors (Lipinski definition) is 3. The number of nitrogens with one attached hydrogen (secondary N) is 1. The quantitative estimate of drug-likeness (QED) is 0.527. The Hall–Kier alpha value is -0.900. The summed E-state index contributed by atoms with van der Waals surface area (Å²) in [5.41, 5.74) is 4.20. The van der Waals surface area contributed by atoms with Crippen molar-refractivity contribution in [2.45, 2.75) is 6.42 Å². The van der Waals surface area contributed by atoms with Gasteiger partial charge in [0.2, 0.25) is 0 Å². The van der Waals surface area contributed by atoms with Crippen molar-refractivity contribution in [3.63, 3.8) is 0 Å². The summed E-state index contributed by atoms with van der Waals surface area (Å²) in [6, 6.07) is 10.3. The first-order chi connectivity index (χ1) is 6.93. The predicted molar refractivity (Wildman–Crippen MR) is 56.0 cm³/mol. The van der Waals surface area contributed by atoms with E-state index in [1.807, 2.05) is 18.2 Å². The molecule has 0 atom stereocenters. The number of ether oxygens (including phenoxy) is 1. The highest BCUT2D eigenvalue weighted by Gasteiger charge is 1.91. The molecule has 0 spiro atoms. The molecule has 0 bridgehead atoms. The molecular formula is C11H17NO2. The maximum atomic E-state index is 5.12. The SMILES string of the molecule is COCCONCCc1ccccc1. The average Bonchev–Trinajstić information content (AvgIpc) is 2.25. The maximum Gasteiger partial charge on any atom is 0.0915 e. The Bertz CT molecular complexity index is 226. The number of hydroxylamine groups is 1. The van der Waals surface area contributed by atoms with Crippen molar-refractivity contribution in [2.75, 3.05) is 26.9 Å². The molecule has 0 radical (unpaired) electrons. The minimum absolute atomic E-state index is 0.589. The molecule has 1 rings (SSSR count). The van der Waals surface area contributed by atoms with Crippen molar-refractivity contribution >= 4 is 0 Å². The molecule has 0 aliphatic heterocycles. The van der Waals surface area contributed by atoms with Crippen molar-refractivity contribution < 1.29 is 9.57 Å². The molecule has 0 saturated carbocycles. The Kier molecular flexibility index (Phi) is 5.99. The highest BCUT2D eigenvalue weighted by atomic mass is 16.7. The van der Waals surface area contributed by atoms with Crippen molar-refractivity contribution in [1.82, 2.24) is 5.48 Å². The second-order valence-corrected chi connectivity index (χ2v) is 2.97. The monoisotopic (exact) mass is 195 g/mol. The molecule has 3 nitrogen and oxygen atoms in total. The summed E-state index contributed by atoms with van der Waals surface area (Å²) < 4.78 is 4.84. The van der Waals surface area contributed by atoms with Crippen LogP contribution in [-0.2, 0) is 16.0 Å². The standard InChI is InChI=1S/C11H17NO2/c1-13-9-10-14-12-8-7-11-5-3-2-4-6-11/h2-6,12H,7-10H2,1H3. The van der Waals surface area contributed by atoms with E-state index in [1.165, 1.54) is 5.56 Å². The Morgan fingerprint density at radius 3 is 2.64 bits per heavy atom. The van der Waals surface area contributed by atoms with Crippen LogP contribution >= 0.6 is 0 Å². The summed E-state index contributed by atoms with van der Waals surface area (Å²) in [6.07, 6.45) is 0.980. The van der Waals surface area contributed by atoms with Gasteiger partial charge >= 0.3 is 0 Å². The molecule has 0 aliphatic carbocycles. The van der Waals surface area contributed by atoms with Gasteiger partial charge in [0, 0.05) is 13.7 Å². The third-order valence-corrected chi connectivity index (χ3v) is 1.85. The minimum Gasteiger partial charge on any atom is -0.382 e. The van der Waals surface area contributed by atoms with Crippen molar-refractivity contribution in [1.29, 1.82) is 0 Å². The fourth-order valence-electron chi connectivity index (χ4n) is 1.11. The van der Waals surface area contributed by atoms with Crippen LogP contribution in [0.4, 0.5) is 0 Å². The number of benzene rings is 1. The Labute approximate surface area is 85.0 Å². The largest absolute Gasteiger partial charge is 0.382 e. The van der Waals surface area contributed by atoms with E-state index in [-0.39, 0.29) is 0 Å². The average molecular weight is 195 g/mol. The normalized spacial score (nSPS) is 10.4. The summed E-state index contributed by atoms with van der Waals surface area (Å²) in [7, 11) is 1.66. The van der Waals surface area contributed by atoms with Crippen LogP contribution in [0.3, 0.4) is 0 Å². The van der Waals surface area contributed by atoms with E-state index in [0.717, 1.165) is 13.0 Å². The highest BCUT2D eigenvalue weighted by Crippen LogP contribution is 1.97. The summed E-state index contributed by atoms with van der Waals surface area (Å²) in [4.78, 5) is 5.12. The summed E-state index contributed by atoms with van der Waals surface area (Å²) >= 11 is 0. The van der Waals surface area contributed by atoms with Crippen LogP contribution in [0.25, 0.3) is 0 Å². The van der Waals surface area contributed by atoms with Crippen LogP contribution in [0.5, 0.6) is 0 Å². The lowest BCUT2D eigenvalue weighted by molar-refractivity contribution is 0.00759. The number of methoxy groups -OCH3 is 1. The lowest BCUT2D eigenvalue weighted by atomic mass is 10.2.